The monoisotopic (exact) mass is 411 g/mol. The highest BCUT2D eigenvalue weighted by molar-refractivity contribution is 6.05. The van der Waals surface area contributed by atoms with Crippen LogP contribution in [0.2, 0.25) is 0 Å². The zero-order valence-corrected chi connectivity index (χ0v) is 17.3. The molecule has 8 heteroatoms. The van der Waals surface area contributed by atoms with Crippen molar-refractivity contribution in [1.82, 2.24) is 25.4 Å². The Kier molecular flexibility index (Phi) is 6.03. The van der Waals surface area contributed by atoms with Gasteiger partial charge in [-0.25, -0.2) is 4.79 Å². The van der Waals surface area contributed by atoms with E-state index in [1.54, 1.807) is 0 Å². The molecule has 1 unspecified atom stereocenters. The summed E-state index contributed by atoms with van der Waals surface area (Å²) in [5.41, 5.74) is 2.09. The van der Waals surface area contributed by atoms with E-state index in [4.69, 9.17) is 0 Å². The Morgan fingerprint density at radius 2 is 2.10 bits per heavy atom. The molecule has 3 heterocycles. The van der Waals surface area contributed by atoms with Gasteiger partial charge in [0.15, 0.2) is 0 Å². The van der Waals surface area contributed by atoms with Gasteiger partial charge in [0.25, 0.3) is 5.91 Å². The SMILES string of the molecule is CCN1CCCC1CNC(=O)C[C@@H]1NC(=O)N(CCc2c[nH]c3ccccc23)C1=O. The van der Waals surface area contributed by atoms with Crippen LogP contribution in [0.3, 0.4) is 0 Å². The smallest absolute Gasteiger partial charge is 0.324 e. The lowest BCUT2D eigenvalue weighted by molar-refractivity contribution is -0.130. The Morgan fingerprint density at radius 1 is 1.27 bits per heavy atom. The predicted octanol–water partition coefficient (Wildman–Crippen LogP) is 1.62. The largest absolute Gasteiger partial charge is 0.361 e. The average molecular weight is 412 g/mol. The molecule has 4 amide bonds. The van der Waals surface area contributed by atoms with Crippen LogP contribution in [-0.4, -0.2) is 70.9 Å². The maximum atomic E-state index is 12.7. The molecule has 0 radical (unpaired) electrons. The number of nitrogens with zero attached hydrogens (tertiary/aromatic N) is 2. The molecule has 3 N–H and O–H groups in total. The second-order valence-corrected chi connectivity index (χ2v) is 8.03. The first-order valence-corrected chi connectivity index (χ1v) is 10.7. The van der Waals surface area contributed by atoms with Crippen LogP contribution in [-0.2, 0) is 16.0 Å². The number of benzene rings is 1. The molecule has 1 aromatic heterocycles. The number of carbonyl (C=O) groups excluding carboxylic acids is 3. The van der Waals surface area contributed by atoms with Crippen molar-refractivity contribution >= 4 is 28.7 Å². The van der Waals surface area contributed by atoms with Crippen LogP contribution < -0.4 is 10.6 Å². The van der Waals surface area contributed by atoms with Gasteiger partial charge >= 0.3 is 6.03 Å². The summed E-state index contributed by atoms with van der Waals surface area (Å²) in [6.45, 7) is 5.05. The topological polar surface area (TPSA) is 97.5 Å². The van der Waals surface area contributed by atoms with Gasteiger partial charge in [0.2, 0.25) is 5.91 Å². The van der Waals surface area contributed by atoms with Crippen molar-refractivity contribution in [3.63, 3.8) is 0 Å². The average Bonchev–Trinajstić information content (AvgIpc) is 3.44. The third-order valence-corrected chi connectivity index (χ3v) is 6.22. The van der Waals surface area contributed by atoms with Crippen molar-refractivity contribution in [2.75, 3.05) is 26.2 Å². The number of amides is 4. The van der Waals surface area contributed by atoms with Crippen molar-refractivity contribution in [2.45, 2.75) is 44.7 Å². The van der Waals surface area contributed by atoms with E-state index in [2.05, 4.69) is 27.4 Å². The molecule has 8 nitrogen and oxygen atoms in total. The summed E-state index contributed by atoms with van der Waals surface area (Å²) in [6, 6.07) is 7.09. The van der Waals surface area contributed by atoms with E-state index < -0.39 is 12.1 Å². The highest BCUT2D eigenvalue weighted by Gasteiger charge is 2.38. The van der Waals surface area contributed by atoms with Gasteiger partial charge in [0, 0.05) is 36.2 Å². The normalized spacial score (nSPS) is 22.1. The lowest BCUT2D eigenvalue weighted by Crippen LogP contribution is -2.42. The zero-order valence-electron chi connectivity index (χ0n) is 17.3. The minimum absolute atomic E-state index is 0.0208. The number of hydrogen-bond donors (Lipinski definition) is 3. The van der Waals surface area contributed by atoms with E-state index in [9.17, 15) is 14.4 Å². The van der Waals surface area contributed by atoms with Crippen molar-refractivity contribution in [1.29, 1.82) is 0 Å². The standard InChI is InChI=1S/C22H29N5O3/c1-2-26-10-5-6-16(26)14-24-20(28)12-19-21(29)27(22(30)25-19)11-9-15-13-23-18-8-4-3-7-17(15)18/h3-4,7-8,13,16,19,23H,2,5-6,9-12,14H2,1H3,(H,24,28)(H,25,30)/t16?,19-/m0/s1. The number of nitrogens with one attached hydrogen (secondary N) is 3. The van der Waals surface area contributed by atoms with E-state index in [0.717, 1.165) is 42.4 Å². The number of likely N-dealkylation sites (N-methyl/N-ethyl adjacent to an activating group) is 1. The molecule has 0 spiro atoms. The summed E-state index contributed by atoms with van der Waals surface area (Å²) in [5.74, 6) is -0.527. The number of aromatic nitrogens is 1. The molecule has 2 aromatic rings. The molecular formula is C22H29N5O3. The lowest BCUT2D eigenvalue weighted by atomic mass is 10.1. The number of imide groups is 1. The van der Waals surface area contributed by atoms with Crippen LogP contribution in [0.1, 0.15) is 31.7 Å². The van der Waals surface area contributed by atoms with Crippen LogP contribution in [0.4, 0.5) is 4.79 Å². The van der Waals surface area contributed by atoms with E-state index >= 15 is 0 Å². The van der Waals surface area contributed by atoms with E-state index in [1.807, 2.05) is 30.5 Å². The third kappa shape index (κ3) is 4.18. The Morgan fingerprint density at radius 3 is 2.93 bits per heavy atom. The Labute approximate surface area is 176 Å². The summed E-state index contributed by atoms with van der Waals surface area (Å²) in [5, 5.41) is 6.68. The van der Waals surface area contributed by atoms with Crippen LogP contribution in [0, 0.1) is 0 Å². The highest BCUT2D eigenvalue weighted by atomic mass is 16.2. The lowest BCUT2D eigenvalue weighted by Gasteiger charge is -2.23. The van der Waals surface area contributed by atoms with Gasteiger partial charge in [-0.3, -0.25) is 19.4 Å². The van der Waals surface area contributed by atoms with Crippen molar-refractivity contribution < 1.29 is 14.4 Å². The number of carbonyl (C=O) groups is 3. The van der Waals surface area contributed by atoms with Gasteiger partial charge < -0.3 is 15.6 Å². The van der Waals surface area contributed by atoms with Gasteiger partial charge in [0.1, 0.15) is 6.04 Å². The quantitative estimate of drug-likeness (QED) is 0.575. The highest BCUT2D eigenvalue weighted by Crippen LogP contribution is 2.20. The van der Waals surface area contributed by atoms with Gasteiger partial charge in [-0.15, -0.1) is 0 Å². The molecule has 2 fully saturated rings. The Hall–Kier alpha value is -2.87. The number of urea groups is 1. The number of para-hydroxylation sites is 1. The second-order valence-electron chi connectivity index (χ2n) is 8.03. The molecular weight excluding hydrogens is 382 g/mol. The molecule has 4 rings (SSSR count). The maximum absolute atomic E-state index is 12.7. The first-order chi connectivity index (χ1) is 14.6. The van der Waals surface area contributed by atoms with Crippen molar-refractivity contribution in [2.24, 2.45) is 0 Å². The summed E-state index contributed by atoms with van der Waals surface area (Å²) < 4.78 is 0. The molecule has 2 aliphatic rings. The Balaban J connectivity index is 1.28. The van der Waals surface area contributed by atoms with Gasteiger partial charge in [-0.05, 0) is 44.0 Å². The van der Waals surface area contributed by atoms with Crippen LogP contribution in [0.5, 0.6) is 0 Å². The second kappa shape index (κ2) is 8.87. The van der Waals surface area contributed by atoms with Crippen LogP contribution >= 0.6 is 0 Å². The van der Waals surface area contributed by atoms with E-state index in [-0.39, 0.29) is 24.8 Å². The number of rotatable bonds is 8. The molecule has 2 atom stereocenters. The number of likely N-dealkylation sites (tertiary alicyclic amines) is 1. The number of aromatic amines is 1. The van der Waals surface area contributed by atoms with Crippen molar-refractivity contribution in [3.05, 3.63) is 36.0 Å². The summed E-state index contributed by atoms with van der Waals surface area (Å²) in [4.78, 5) is 44.1. The maximum Gasteiger partial charge on any atom is 0.324 e. The molecule has 0 aliphatic carbocycles. The van der Waals surface area contributed by atoms with E-state index in [1.165, 1.54) is 4.90 Å². The first kappa shape index (κ1) is 20.4. The molecule has 0 saturated carbocycles. The number of H-pyrrole nitrogens is 1. The van der Waals surface area contributed by atoms with Gasteiger partial charge in [-0.2, -0.15) is 0 Å². The summed E-state index contributed by atoms with van der Waals surface area (Å²) in [7, 11) is 0. The summed E-state index contributed by atoms with van der Waals surface area (Å²) in [6.07, 6.45) is 4.69. The van der Waals surface area contributed by atoms with Crippen LogP contribution in [0.25, 0.3) is 10.9 Å². The fourth-order valence-corrected chi connectivity index (χ4v) is 4.53. The summed E-state index contributed by atoms with van der Waals surface area (Å²) >= 11 is 0. The first-order valence-electron chi connectivity index (χ1n) is 10.7. The van der Waals surface area contributed by atoms with Gasteiger partial charge in [-0.1, -0.05) is 25.1 Å². The molecule has 2 saturated heterocycles. The fraction of sp³-hybridized carbons (Fsp3) is 0.500. The molecule has 30 heavy (non-hydrogen) atoms. The van der Waals surface area contributed by atoms with E-state index in [0.29, 0.717) is 19.0 Å². The van der Waals surface area contributed by atoms with Crippen LogP contribution in [0.15, 0.2) is 30.5 Å². The molecule has 0 bridgehead atoms. The Bertz CT molecular complexity index is 940. The zero-order chi connectivity index (χ0) is 21.1. The number of hydrogen-bond acceptors (Lipinski definition) is 4. The molecule has 160 valence electrons. The third-order valence-electron chi connectivity index (χ3n) is 6.22. The minimum Gasteiger partial charge on any atom is -0.361 e. The number of fused-ring (bicyclic) bond motifs is 1. The van der Waals surface area contributed by atoms with Crippen molar-refractivity contribution in [3.8, 4) is 0 Å². The molecule has 1 aromatic carbocycles. The predicted molar refractivity (Wildman–Crippen MR) is 114 cm³/mol. The van der Waals surface area contributed by atoms with Gasteiger partial charge in [0.05, 0.1) is 6.42 Å². The molecule has 2 aliphatic heterocycles. The minimum atomic E-state index is -0.786. The fourth-order valence-electron chi connectivity index (χ4n) is 4.53.